The summed E-state index contributed by atoms with van der Waals surface area (Å²) < 4.78 is 0.886. The Labute approximate surface area is 139 Å². The fourth-order valence-electron chi connectivity index (χ4n) is 2.32. The summed E-state index contributed by atoms with van der Waals surface area (Å²) >= 11 is 9.81. The second-order valence-corrected chi connectivity index (χ2v) is 6.70. The number of nitrogens with one attached hydrogen (secondary N) is 1. The molecule has 2 nitrogen and oxygen atoms in total. The van der Waals surface area contributed by atoms with Gasteiger partial charge in [0.2, 0.25) is 0 Å². The maximum absolute atomic E-state index is 6.36. The Balaban J connectivity index is 2.21. The van der Waals surface area contributed by atoms with Gasteiger partial charge in [0.1, 0.15) is 0 Å². The van der Waals surface area contributed by atoms with Crippen molar-refractivity contribution in [3.8, 4) is 0 Å². The van der Waals surface area contributed by atoms with Gasteiger partial charge in [-0.3, -0.25) is 11.3 Å². The number of hydrazine groups is 1. The molecule has 0 bridgehead atoms. The molecule has 0 heterocycles. The van der Waals surface area contributed by atoms with Crippen LogP contribution >= 0.6 is 27.5 Å². The van der Waals surface area contributed by atoms with Crippen LogP contribution in [0.2, 0.25) is 5.02 Å². The van der Waals surface area contributed by atoms with E-state index >= 15 is 0 Å². The number of hydrogen-bond acceptors (Lipinski definition) is 2. The van der Waals surface area contributed by atoms with Crippen LogP contribution in [0.4, 0.5) is 0 Å². The smallest absolute Gasteiger partial charge is 0.0596 e. The molecular formula is C17H20BrClN2. The quantitative estimate of drug-likeness (QED) is 0.578. The van der Waals surface area contributed by atoms with Crippen molar-refractivity contribution in [1.29, 1.82) is 0 Å². The zero-order chi connectivity index (χ0) is 15.4. The maximum Gasteiger partial charge on any atom is 0.0596 e. The Bertz CT molecular complexity index is 596. The summed E-state index contributed by atoms with van der Waals surface area (Å²) in [6, 6.07) is 14.6. The van der Waals surface area contributed by atoms with Gasteiger partial charge >= 0.3 is 0 Å². The highest BCUT2D eigenvalue weighted by Gasteiger charge is 2.15. The van der Waals surface area contributed by atoms with E-state index < -0.39 is 0 Å². The molecule has 0 radical (unpaired) electrons. The summed E-state index contributed by atoms with van der Waals surface area (Å²) in [7, 11) is 0. The summed E-state index contributed by atoms with van der Waals surface area (Å²) in [4.78, 5) is 0. The van der Waals surface area contributed by atoms with E-state index in [4.69, 9.17) is 17.4 Å². The van der Waals surface area contributed by atoms with E-state index in [2.05, 4.69) is 59.5 Å². The highest BCUT2D eigenvalue weighted by atomic mass is 79.9. The van der Waals surface area contributed by atoms with Gasteiger partial charge in [-0.1, -0.05) is 61.8 Å². The lowest BCUT2D eigenvalue weighted by Gasteiger charge is -2.19. The van der Waals surface area contributed by atoms with Gasteiger partial charge in [0.05, 0.1) is 11.1 Å². The molecule has 1 unspecified atom stereocenters. The van der Waals surface area contributed by atoms with E-state index in [1.54, 1.807) is 0 Å². The fraction of sp³-hybridized carbons (Fsp3) is 0.294. The van der Waals surface area contributed by atoms with E-state index in [-0.39, 0.29) is 6.04 Å². The third-order valence-corrected chi connectivity index (χ3v) is 4.96. The van der Waals surface area contributed by atoms with Crippen molar-refractivity contribution in [2.45, 2.75) is 32.2 Å². The van der Waals surface area contributed by atoms with Gasteiger partial charge in [0.15, 0.2) is 0 Å². The van der Waals surface area contributed by atoms with Crippen LogP contribution in [0.5, 0.6) is 0 Å². The summed E-state index contributed by atoms with van der Waals surface area (Å²) in [5, 5.41) is 0.708. The van der Waals surface area contributed by atoms with Crippen LogP contribution in [0.3, 0.4) is 0 Å². The van der Waals surface area contributed by atoms with Crippen LogP contribution in [0.1, 0.15) is 42.5 Å². The molecule has 21 heavy (non-hydrogen) atoms. The first-order chi connectivity index (χ1) is 10.0. The molecule has 0 saturated carbocycles. The molecule has 2 rings (SSSR count). The third kappa shape index (κ3) is 4.07. The molecule has 0 amide bonds. The molecule has 0 fully saturated rings. The second-order valence-electron chi connectivity index (χ2n) is 5.46. The molecule has 0 aromatic heterocycles. The summed E-state index contributed by atoms with van der Waals surface area (Å²) in [5.74, 6) is 6.27. The van der Waals surface area contributed by atoms with Crippen molar-refractivity contribution >= 4 is 27.5 Å². The summed E-state index contributed by atoms with van der Waals surface area (Å²) in [6.07, 6.45) is 0.797. The minimum atomic E-state index is -0.0140. The zero-order valence-electron chi connectivity index (χ0n) is 12.2. The molecular weight excluding hydrogens is 348 g/mol. The molecule has 0 aliphatic carbocycles. The van der Waals surface area contributed by atoms with Gasteiger partial charge in [0, 0.05) is 4.47 Å². The molecule has 0 saturated heterocycles. The van der Waals surface area contributed by atoms with Crippen LogP contribution in [-0.4, -0.2) is 0 Å². The van der Waals surface area contributed by atoms with Crippen LogP contribution in [-0.2, 0) is 6.42 Å². The number of rotatable bonds is 5. The van der Waals surface area contributed by atoms with E-state index in [1.807, 2.05) is 18.2 Å². The first kappa shape index (κ1) is 16.5. The summed E-state index contributed by atoms with van der Waals surface area (Å²) in [6.45, 7) is 4.39. The Morgan fingerprint density at radius 1 is 1.14 bits per heavy atom. The lowest BCUT2D eigenvalue weighted by Crippen LogP contribution is -2.29. The van der Waals surface area contributed by atoms with Crippen molar-refractivity contribution in [2.24, 2.45) is 5.84 Å². The van der Waals surface area contributed by atoms with Gasteiger partial charge in [-0.05, 0) is 51.0 Å². The molecule has 2 aromatic carbocycles. The maximum atomic E-state index is 6.36. The topological polar surface area (TPSA) is 38.0 Å². The van der Waals surface area contributed by atoms with Crippen molar-refractivity contribution in [1.82, 2.24) is 5.43 Å². The Morgan fingerprint density at radius 2 is 1.81 bits per heavy atom. The van der Waals surface area contributed by atoms with Gasteiger partial charge < -0.3 is 0 Å². The van der Waals surface area contributed by atoms with Crippen molar-refractivity contribution in [3.63, 3.8) is 0 Å². The molecule has 4 heteroatoms. The van der Waals surface area contributed by atoms with E-state index in [0.717, 1.165) is 16.5 Å². The monoisotopic (exact) mass is 366 g/mol. The standard InChI is InChI=1S/C17H20BrClN2/c1-11(2)13-8-6-12(7-9-13)10-16(21-20)14-4-3-5-15(18)17(14)19/h3-9,11,16,21H,10,20H2,1-2H3. The Hall–Kier alpha value is -0.870. The molecule has 0 spiro atoms. The molecule has 0 aliphatic heterocycles. The lowest BCUT2D eigenvalue weighted by molar-refractivity contribution is 0.552. The fourth-order valence-corrected chi connectivity index (χ4v) is 2.96. The van der Waals surface area contributed by atoms with E-state index in [1.165, 1.54) is 11.1 Å². The van der Waals surface area contributed by atoms with Crippen LogP contribution in [0.25, 0.3) is 0 Å². The van der Waals surface area contributed by atoms with Gasteiger partial charge in [-0.2, -0.15) is 0 Å². The highest BCUT2D eigenvalue weighted by molar-refractivity contribution is 9.10. The highest BCUT2D eigenvalue weighted by Crippen LogP contribution is 2.31. The molecule has 3 N–H and O–H groups in total. The zero-order valence-corrected chi connectivity index (χ0v) is 14.6. The molecule has 1 atom stereocenters. The van der Waals surface area contributed by atoms with Gasteiger partial charge in [-0.25, -0.2) is 0 Å². The lowest BCUT2D eigenvalue weighted by atomic mass is 9.96. The average molecular weight is 368 g/mol. The van der Waals surface area contributed by atoms with Crippen molar-refractivity contribution in [3.05, 3.63) is 68.7 Å². The molecule has 0 aliphatic rings. The van der Waals surface area contributed by atoms with Crippen molar-refractivity contribution in [2.75, 3.05) is 0 Å². The van der Waals surface area contributed by atoms with Crippen LogP contribution < -0.4 is 11.3 Å². The normalized spacial score (nSPS) is 12.7. The average Bonchev–Trinajstić information content (AvgIpc) is 2.48. The Morgan fingerprint density at radius 3 is 2.38 bits per heavy atom. The second kappa shape index (κ2) is 7.41. The minimum Gasteiger partial charge on any atom is -0.271 e. The van der Waals surface area contributed by atoms with Gasteiger partial charge in [0.25, 0.3) is 0 Å². The SMILES string of the molecule is CC(C)c1ccc(CC(NN)c2cccc(Br)c2Cl)cc1. The summed E-state index contributed by atoms with van der Waals surface area (Å²) in [5.41, 5.74) is 6.45. The number of halogens is 2. The predicted octanol–water partition coefficient (Wildman–Crippen LogP) is 4.97. The molecule has 2 aromatic rings. The first-order valence-electron chi connectivity index (χ1n) is 7.01. The van der Waals surface area contributed by atoms with E-state index in [9.17, 15) is 0 Å². The number of nitrogens with two attached hydrogens (primary N) is 1. The largest absolute Gasteiger partial charge is 0.271 e. The number of hydrogen-bond donors (Lipinski definition) is 2. The van der Waals surface area contributed by atoms with Crippen LogP contribution in [0, 0.1) is 0 Å². The van der Waals surface area contributed by atoms with E-state index in [0.29, 0.717) is 10.9 Å². The number of benzene rings is 2. The van der Waals surface area contributed by atoms with Crippen LogP contribution in [0.15, 0.2) is 46.9 Å². The Kier molecular flexibility index (Phi) is 5.82. The van der Waals surface area contributed by atoms with Crippen molar-refractivity contribution < 1.29 is 0 Å². The molecule has 112 valence electrons. The predicted molar refractivity (Wildman–Crippen MR) is 93.5 cm³/mol. The third-order valence-electron chi connectivity index (χ3n) is 3.64. The van der Waals surface area contributed by atoms with Gasteiger partial charge in [-0.15, -0.1) is 0 Å². The minimum absolute atomic E-state index is 0.0140. The first-order valence-corrected chi connectivity index (χ1v) is 8.19.